The van der Waals surface area contributed by atoms with Gasteiger partial charge in [-0.15, -0.1) is 0 Å². The maximum Gasteiger partial charge on any atom is 0.161 e. The van der Waals surface area contributed by atoms with Crippen LogP contribution in [0.15, 0.2) is 180 Å². The maximum atomic E-state index is 5.52. The predicted octanol–water partition coefficient (Wildman–Crippen LogP) is 11.5. The summed E-state index contributed by atoms with van der Waals surface area (Å²) >= 11 is 0. The van der Waals surface area contributed by atoms with Crippen LogP contribution in [0.3, 0.4) is 0 Å². The molecule has 62 heavy (non-hydrogen) atoms. The average molecular weight is 809 g/mol. The molecule has 8 nitrogen and oxygen atoms in total. The van der Waals surface area contributed by atoms with Gasteiger partial charge in [-0.2, -0.15) is 0 Å². The van der Waals surface area contributed by atoms with Crippen molar-refractivity contribution in [3.63, 3.8) is 0 Å². The third kappa shape index (κ3) is 6.87. The molecule has 0 atom stereocenters. The highest BCUT2D eigenvalue weighted by Gasteiger charge is 2.31. The number of amidine groups is 2. The molecule has 8 heteroatoms. The van der Waals surface area contributed by atoms with Gasteiger partial charge in [0, 0.05) is 44.5 Å². The monoisotopic (exact) mass is 808 g/mol. The van der Waals surface area contributed by atoms with Crippen molar-refractivity contribution in [3.05, 3.63) is 203 Å². The zero-order valence-electron chi connectivity index (χ0n) is 34.6. The molecule has 0 N–H and O–H groups in total. The van der Waals surface area contributed by atoms with Crippen LogP contribution in [0.25, 0.3) is 55.5 Å². The van der Waals surface area contributed by atoms with E-state index in [1.165, 1.54) is 0 Å². The molecular weight excluding hydrogens is 769 g/mol. The van der Waals surface area contributed by atoms with Crippen LogP contribution in [-0.4, -0.2) is 40.1 Å². The Labute approximate surface area is 360 Å². The van der Waals surface area contributed by atoms with Gasteiger partial charge in [0.25, 0.3) is 0 Å². The van der Waals surface area contributed by atoms with Crippen LogP contribution in [0.2, 0.25) is 0 Å². The summed E-state index contributed by atoms with van der Waals surface area (Å²) in [5.74, 6) is 4.25. The van der Waals surface area contributed by atoms with Crippen LogP contribution < -0.4 is 29.6 Å². The first-order valence-corrected chi connectivity index (χ1v) is 20.2. The second-order valence-corrected chi connectivity index (χ2v) is 14.8. The number of hydrogen-bond acceptors (Lipinski definition) is 6. The minimum Gasteiger partial charge on any atom is -0.497 e. The number of benzene rings is 8. The maximum absolute atomic E-state index is 5.52. The van der Waals surface area contributed by atoms with E-state index in [1.54, 1.807) is 28.4 Å². The molecule has 0 aromatic heterocycles. The highest BCUT2D eigenvalue weighted by molar-refractivity contribution is 6.25. The number of fused-ring (bicyclic) bond motifs is 2. The molecule has 2 aliphatic rings. The molecule has 0 saturated heterocycles. The van der Waals surface area contributed by atoms with E-state index in [0.717, 1.165) is 112 Å². The van der Waals surface area contributed by atoms with Crippen LogP contribution in [0.4, 0.5) is 0 Å². The lowest BCUT2D eigenvalue weighted by molar-refractivity contribution is 0.414. The Balaban J connectivity index is 1.18. The summed E-state index contributed by atoms with van der Waals surface area (Å²) in [4.78, 5) is 10.8. The van der Waals surface area contributed by atoms with Gasteiger partial charge in [-0.3, -0.25) is 0 Å². The van der Waals surface area contributed by atoms with Gasteiger partial charge in [-0.1, -0.05) is 60.7 Å². The van der Waals surface area contributed by atoms with Crippen molar-refractivity contribution in [3.8, 4) is 34.1 Å². The molecule has 0 spiro atoms. The van der Waals surface area contributed by atoms with Crippen LogP contribution in [0, 0.1) is 0 Å². The third-order valence-corrected chi connectivity index (χ3v) is 11.4. The Morgan fingerprint density at radius 1 is 0.306 bits per heavy atom. The van der Waals surface area contributed by atoms with Gasteiger partial charge in [0.05, 0.1) is 51.2 Å². The topological polar surface area (TPSA) is 89.8 Å². The minimum absolute atomic E-state index is 0.600. The van der Waals surface area contributed by atoms with Gasteiger partial charge in [0.1, 0.15) is 23.0 Å². The highest BCUT2D eigenvalue weighted by Crippen LogP contribution is 2.44. The standard InChI is InChI=1S/C54H40N4O4/c1-59-39-23-13-35(14-24-39)49-50(36-15-25-40(60-2)26-16-36)56-53(55-49)45-31-21-33-9-5-7-11-43(33)47(45)48-44-12-8-6-10-34(44)22-32-46(48)54-57-51(37-17-27-41(61-3)28-18-37)52(58-54)38-19-29-42(62-4)30-20-38/h5-32H,1-4H3. The summed E-state index contributed by atoms with van der Waals surface area (Å²) < 4.78 is 22.1. The average Bonchev–Trinajstić information content (AvgIpc) is 4.00. The van der Waals surface area contributed by atoms with Crippen molar-refractivity contribution >= 4 is 56.0 Å². The Morgan fingerprint density at radius 2 is 0.613 bits per heavy atom. The number of methoxy groups -OCH3 is 4. The normalized spacial score (nSPS) is 13.5. The van der Waals surface area contributed by atoms with Gasteiger partial charge >= 0.3 is 0 Å². The van der Waals surface area contributed by atoms with Crippen LogP contribution in [-0.2, 0) is 0 Å². The van der Waals surface area contributed by atoms with Gasteiger partial charge in [0.2, 0.25) is 0 Å². The summed E-state index contributed by atoms with van der Waals surface area (Å²) in [6.07, 6.45) is 0. The summed E-state index contributed by atoms with van der Waals surface area (Å²) in [6.45, 7) is 0. The Bertz CT molecular complexity index is 2920. The molecular formula is C54H40N4O4. The van der Waals surface area contributed by atoms with Crippen molar-refractivity contribution in [2.75, 3.05) is 28.4 Å². The summed E-state index contributed by atoms with van der Waals surface area (Å²) in [7, 11) is 6.67. The molecule has 0 unspecified atom stereocenters. The van der Waals surface area contributed by atoms with Crippen molar-refractivity contribution in [1.82, 2.24) is 10.6 Å². The molecule has 0 aliphatic carbocycles. The van der Waals surface area contributed by atoms with Crippen LogP contribution >= 0.6 is 0 Å². The number of rotatable bonds is 11. The van der Waals surface area contributed by atoms with E-state index >= 15 is 0 Å². The Kier molecular flexibility index (Phi) is 9.94. The summed E-state index contributed by atoms with van der Waals surface area (Å²) in [5, 5.41) is 15.1. The smallest absolute Gasteiger partial charge is 0.161 e. The zero-order chi connectivity index (χ0) is 42.2. The third-order valence-electron chi connectivity index (χ3n) is 11.4. The molecule has 2 heterocycles. The lowest BCUT2D eigenvalue weighted by Gasteiger charge is -2.19. The molecule has 0 amide bonds. The molecule has 0 fully saturated rings. The van der Waals surface area contributed by atoms with E-state index in [2.05, 4.69) is 72.8 Å². The molecule has 2 radical (unpaired) electrons. The Hall–Kier alpha value is -8.10. The first kappa shape index (κ1) is 38.1. The molecule has 0 saturated carbocycles. The zero-order valence-corrected chi connectivity index (χ0v) is 34.6. The molecule has 10 rings (SSSR count). The summed E-state index contributed by atoms with van der Waals surface area (Å²) in [5.41, 5.74) is 10.5. The number of nitrogens with zero attached hydrogens (tertiary/aromatic N) is 4. The van der Waals surface area contributed by atoms with Crippen molar-refractivity contribution in [2.24, 2.45) is 9.98 Å². The second-order valence-electron chi connectivity index (χ2n) is 14.8. The first-order chi connectivity index (χ1) is 30.5. The molecule has 0 bridgehead atoms. The van der Waals surface area contributed by atoms with E-state index in [4.69, 9.17) is 39.6 Å². The van der Waals surface area contributed by atoms with Crippen LogP contribution in [0.5, 0.6) is 23.0 Å². The van der Waals surface area contributed by atoms with Gasteiger partial charge < -0.3 is 18.9 Å². The van der Waals surface area contributed by atoms with Crippen molar-refractivity contribution < 1.29 is 18.9 Å². The number of hydrogen-bond donors (Lipinski definition) is 0. The van der Waals surface area contributed by atoms with E-state index in [1.807, 2.05) is 97.1 Å². The number of aliphatic imine (C=N–C) groups is 2. The lowest BCUT2D eigenvalue weighted by Crippen LogP contribution is -2.16. The SMILES string of the molecule is COc1ccc(C2=C(c3ccc(OC)cc3)N=C(c3ccc4ccccc4c3-c3c(C4=NC(c5ccc(OC)cc5)=C(c5ccc(OC)cc5)[N]4)ccc4ccccc34)[N]2)cc1. The predicted molar refractivity (Wildman–Crippen MR) is 250 cm³/mol. The van der Waals surface area contributed by atoms with E-state index in [-0.39, 0.29) is 0 Å². The number of ether oxygens (including phenoxy) is 4. The van der Waals surface area contributed by atoms with E-state index in [9.17, 15) is 0 Å². The minimum atomic E-state index is 0.600. The highest BCUT2D eigenvalue weighted by atomic mass is 16.5. The van der Waals surface area contributed by atoms with Gasteiger partial charge in [0.15, 0.2) is 11.7 Å². The Morgan fingerprint density at radius 3 is 0.935 bits per heavy atom. The van der Waals surface area contributed by atoms with Crippen molar-refractivity contribution in [2.45, 2.75) is 0 Å². The molecule has 2 aliphatic heterocycles. The van der Waals surface area contributed by atoms with Crippen molar-refractivity contribution in [1.29, 1.82) is 0 Å². The molecule has 300 valence electrons. The fourth-order valence-electron chi connectivity index (χ4n) is 8.18. The van der Waals surface area contributed by atoms with E-state index < -0.39 is 0 Å². The first-order valence-electron chi connectivity index (χ1n) is 20.2. The molecule has 8 aromatic carbocycles. The summed E-state index contributed by atoms with van der Waals surface area (Å²) in [6, 6.07) is 57.3. The lowest BCUT2D eigenvalue weighted by atomic mass is 9.86. The van der Waals surface area contributed by atoms with Crippen LogP contribution in [0.1, 0.15) is 33.4 Å². The fraction of sp³-hybridized carbons (Fsp3) is 0.0741. The quantitative estimate of drug-likeness (QED) is 0.130. The fourth-order valence-corrected chi connectivity index (χ4v) is 8.18. The van der Waals surface area contributed by atoms with E-state index in [0.29, 0.717) is 11.7 Å². The van der Waals surface area contributed by atoms with Gasteiger partial charge in [-0.25, -0.2) is 20.6 Å². The largest absolute Gasteiger partial charge is 0.497 e. The molecule has 8 aromatic rings. The van der Waals surface area contributed by atoms with Gasteiger partial charge in [-0.05, 0) is 131 Å². The second kappa shape index (κ2) is 16.2.